The molecule has 2 rings (SSSR count). The summed E-state index contributed by atoms with van der Waals surface area (Å²) in [5.74, 6) is 0.159. The number of piperidine rings is 1. The molecule has 0 saturated carbocycles. The van der Waals surface area contributed by atoms with Gasteiger partial charge in [-0.15, -0.1) is 0 Å². The number of hydrogen-bond acceptors (Lipinski definition) is 3. The second kappa shape index (κ2) is 6.15. The molecule has 0 aromatic carbocycles. The largest absolute Gasteiger partial charge is 0.324 e. The van der Waals surface area contributed by atoms with Crippen molar-refractivity contribution in [2.45, 2.75) is 39.5 Å². The third-order valence-corrected chi connectivity index (χ3v) is 4.06. The molecule has 4 heteroatoms. The zero-order valence-electron chi connectivity index (χ0n) is 11.8. The number of amides is 1. The zero-order chi connectivity index (χ0) is 13.7. The number of aryl methyl sites for hydroxylation is 1. The van der Waals surface area contributed by atoms with Crippen molar-refractivity contribution >= 4 is 11.6 Å². The fourth-order valence-electron chi connectivity index (χ4n) is 2.82. The van der Waals surface area contributed by atoms with Crippen LogP contribution in [0.3, 0.4) is 0 Å². The number of hydrogen-bond donors (Lipinski definition) is 2. The van der Waals surface area contributed by atoms with Gasteiger partial charge in [-0.05, 0) is 50.9 Å². The third kappa shape index (κ3) is 3.13. The Kier molecular flexibility index (Phi) is 4.53. The van der Waals surface area contributed by atoms with E-state index in [0.29, 0.717) is 0 Å². The first-order valence-corrected chi connectivity index (χ1v) is 7.11. The summed E-state index contributed by atoms with van der Waals surface area (Å²) in [6, 6.07) is 1.92. The summed E-state index contributed by atoms with van der Waals surface area (Å²) in [5.41, 5.74) is 1.69. The number of pyridine rings is 1. The van der Waals surface area contributed by atoms with Crippen LogP contribution in [-0.4, -0.2) is 24.0 Å². The average molecular weight is 261 g/mol. The molecule has 104 valence electrons. The van der Waals surface area contributed by atoms with Gasteiger partial charge in [0.15, 0.2) is 0 Å². The lowest BCUT2D eigenvalue weighted by molar-refractivity contribution is -0.127. The lowest BCUT2D eigenvalue weighted by Gasteiger charge is -2.36. The van der Waals surface area contributed by atoms with Gasteiger partial charge in [0.05, 0.1) is 17.3 Å². The fourth-order valence-corrected chi connectivity index (χ4v) is 2.82. The van der Waals surface area contributed by atoms with Gasteiger partial charge in [0.1, 0.15) is 0 Å². The van der Waals surface area contributed by atoms with Gasteiger partial charge in [0, 0.05) is 6.20 Å². The minimum absolute atomic E-state index is 0.159. The molecule has 0 atom stereocenters. The fraction of sp³-hybridized carbons (Fsp3) is 0.600. The van der Waals surface area contributed by atoms with Crippen LogP contribution in [0.5, 0.6) is 0 Å². The standard InChI is InChI=1S/C15H23N3O/c1-3-5-15(6-9-16-10-7-15)14(19)18-13-11-17-8-4-12(13)2/h4,8,11,16H,3,5-7,9-10H2,1-2H3,(H,18,19). The molecule has 0 unspecified atom stereocenters. The predicted molar refractivity (Wildman–Crippen MR) is 77.0 cm³/mol. The van der Waals surface area contributed by atoms with Crippen molar-refractivity contribution in [2.24, 2.45) is 5.41 Å². The molecule has 0 radical (unpaired) electrons. The first-order valence-electron chi connectivity index (χ1n) is 7.11. The molecule has 0 bridgehead atoms. The molecule has 0 spiro atoms. The van der Waals surface area contributed by atoms with Gasteiger partial charge in [-0.25, -0.2) is 0 Å². The molecule has 1 fully saturated rings. The Hall–Kier alpha value is -1.42. The minimum atomic E-state index is -0.206. The predicted octanol–water partition coefficient (Wildman–Crippen LogP) is 2.50. The van der Waals surface area contributed by atoms with Crippen molar-refractivity contribution in [3.05, 3.63) is 24.0 Å². The van der Waals surface area contributed by atoms with E-state index in [-0.39, 0.29) is 11.3 Å². The smallest absolute Gasteiger partial charge is 0.230 e. The molecule has 1 aliphatic heterocycles. The Morgan fingerprint density at radius 2 is 2.21 bits per heavy atom. The van der Waals surface area contributed by atoms with Crippen LogP contribution in [0, 0.1) is 12.3 Å². The van der Waals surface area contributed by atoms with Crippen LogP contribution in [-0.2, 0) is 4.79 Å². The van der Waals surface area contributed by atoms with Gasteiger partial charge in [0.2, 0.25) is 5.91 Å². The molecule has 1 amide bonds. The lowest BCUT2D eigenvalue weighted by atomic mass is 9.74. The summed E-state index contributed by atoms with van der Waals surface area (Å²) < 4.78 is 0. The first-order chi connectivity index (χ1) is 9.18. The number of anilines is 1. The Bertz CT molecular complexity index is 433. The Morgan fingerprint density at radius 1 is 1.47 bits per heavy atom. The summed E-state index contributed by atoms with van der Waals surface area (Å²) in [6.07, 6.45) is 7.32. The number of rotatable bonds is 4. The van der Waals surface area contributed by atoms with Crippen LogP contribution in [0.2, 0.25) is 0 Å². The van der Waals surface area contributed by atoms with E-state index < -0.39 is 0 Å². The summed E-state index contributed by atoms with van der Waals surface area (Å²) in [5, 5.41) is 6.41. The van der Waals surface area contributed by atoms with Crippen molar-refractivity contribution < 1.29 is 4.79 Å². The summed E-state index contributed by atoms with van der Waals surface area (Å²) >= 11 is 0. The normalized spacial score (nSPS) is 18.0. The van der Waals surface area contributed by atoms with Crippen LogP contribution < -0.4 is 10.6 Å². The van der Waals surface area contributed by atoms with Crippen molar-refractivity contribution in [3.8, 4) is 0 Å². The van der Waals surface area contributed by atoms with E-state index >= 15 is 0 Å². The second-order valence-electron chi connectivity index (χ2n) is 5.43. The third-order valence-electron chi connectivity index (χ3n) is 4.06. The van der Waals surface area contributed by atoms with Crippen LogP contribution in [0.1, 0.15) is 38.2 Å². The van der Waals surface area contributed by atoms with E-state index in [1.165, 1.54) is 0 Å². The van der Waals surface area contributed by atoms with Crippen LogP contribution in [0.25, 0.3) is 0 Å². The Labute approximate surface area is 115 Å². The first kappa shape index (κ1) is 14.0. The number of nitrogens with zero attached hydrogens (tertiary/aromatic N) is 1. The molecule has 1 aromatic heterocycles. The maximum Gasteiger partial charge on any atom is 0.230 e. The SMILES string of the molecule is CCCC1(C(=O)Nc2cnccc2C)CCNCC1. The molecule has 19 heavy (non-hydrogen) atoms. The number of aromatic nitrogens is 1. The second-order valence-corrected chi connectivity index (χ2v) is 5.43. The van der Waals surface area contributed by atoms with Crippen LogP contribution >= 0.6 is 0 Å². The molecule has 2 N–H and O–H groups in total. The Morgan fingerprint density at radius 3 is 2.84 bits per heavy atom. The van der Waals surface area contributed by atoms with E-state index in [9.17, 15) is 4.79 Å². The summed E-state index contributed by atoms with van der Waals surface area (Å²) in [7, 11) is 0. The van der Waals surface area contributed by atoms with E-state index in [2.05, 4.69) is 22.5 Å². The van der Waals surface area contributed by atoms with Gasteiger partial charge in [-0.2, -0.15) is 0 Å². The maximum atomic E-state index is 12.7. The molecule has 1 aromatic rings. The minimum Gasteiger partial charge on any atom is -0.324 e. The van der Waals surface area contributed by atoms with E-state index in [1.807, 2.05) is 13.0 Å². The molecule has 1 saturated heterocycles. The van der Waals surface area contributed by atoms with Gasteiger partial charge in [-0.1, -0.05) is 13.3 Å². The zero-order valence-corrected chi connectivity index (χ0v) is 11.8. The molecule has 1 aliphatic rings. The van der Waals surface area contributed by atoms with Crippen LogP contribution in [0.15, 0.2) is 18.5 Å². The number of carbonyl (C=O) groups is 1. The highest BCUT2D eigenvalue weighted by Gasteiger charge is 2.38. The van der Waals surface area contributed by atoms with Crippen molar-refractivity contribution in [1.29, 1.82) is 0 Å². The highest BCUT2D eigenvalue weighted by Crippen LogP contribution is 2.35. The van der Waals surface area contributed by atoms with Crippen molar-refractivity contribution in [2.75, 3.05) is 18.4 Å². The number of nitrogens with one attached hydrogen (secondary N) is 2. The van der Waals surface area contributed by atoms with Gasteiger partial charge >= 0.3 is 0 Å². The summed E-state index contributed by atoms with van der Waals surface area (Å²) in [4.78, 5) is 16.8. The van der Waals surface area contributed by atoms with Gasteiger partial charge < -0.3 is 10.6 Å². The highest BCUT2D eigenvalue weighted by atomic mass is 16.2. The molecular formula is C15H23N3O. The number of carbonyl (C=O) groups excluding carboxylic acids is 1. The quantitative estimate of drug-likeness (QED) is 0.875. The maximum absolute atomic E-state index is 12.7. The summed E-state index contributed by atoms with van der Waals surface area (Å²) in [6.45, 7) is 6.00. The van der Waals surface area contributed by atoms with E-state index in [1.54, 1.807) is 12.4 Å². The van der Waals surface area contributed by atoms with Gasteiger partial charge in [-0.3, -0.25) is 9.78 Å². The van der Waals surface area contributed by atoms with Crippen molar-refractivity contribution in [3.63, 3.8) is 0 Å². The highest BCUT2D eigenvalue weighted by molar-refractivity contribution is 5.95. The molecule has 4 nitrogen and oxygen atoms in total. The molecule has 0 aliphatic carbocycles. The average Bonchev–Trinajstić information content (AvgIpc) is 2.42. The van der Waals surface area contributed by atoms with Crippen molar-refractivity contribution in [1.82, 2.24) is 10.3 Å². The van der Waals surface area contributed by atoms with E-state index in [0.717, 1.165) is 50.0 Å². The Balaban J connectivity index is 2.14. The van der Waals surface area contributed by atoms with Gasteiger partial charge in [0.25, 0.3) is 0 Å². The molecule has 2 heterocycles. The van der Waals surface area contributed by atoms with Crippen LogP contribution in [0.4, 0.5) is 5.69 Å². The molecular weight excluding hydrogens is 238 g/mol. The topological polar surface area (TPSA) is 54.0 Å². The van der Waals surface area contributed by atoms with E-state index in [4.69, 9.17) is 0 Å². The monoisotopic (exact) mass is 261 g/mol. The lowest BCUT2D eigenvalue weighted by Crippen LogP contribution is -2.45.